The number of ketones is 1. The summed E-state index contributed by atoms with van der Waals surface area (Å²) in [6.45, 7) is 2.95. The average molecular weight is 239 g/mol. The summed E-state index contributed by atoms with van der Waals surface area (Å²) in [6, 6.07) is 8.52. The Kier molecular flexibility index (Phi) is 2.78. The minimum absolute atomic E-state index is 0.305. The maximum Gasteiger partial charge on any atom is 0.164 e. The second-order valence-corrected chi connectivity index (χ2v) is 5.14. The highest BCUT2D eigenvalue weighted by molar-refractivity contribution is 5.98. The number of rotatable bonds is 2. The van der Waals surface area contributed by atoms with Crippen LogP contribution in [0.15, 0.2) is 36.7 Å². The molecule has 2 aromatic rings. The fourth-order valence-corrected chi connectivity index (χ4v) is 2.69. The predicted octanol–water partition coefficient (Wildman–Crippen LogP) is 3.36. The van der Waals surface area contributed by atoms with Gasteiger partial charge in [0.15, 0.2) is 5.78 Å². The Balaban J connectivity index is 1.88. The lowest BCUT2D eigenvalue weighted by Gasteiger charge is -2.07. The van der Waals surface area contributed by atoms with E-state index in [1.807, 2.05) is 6.20 Å². The van der Waals surface area contributed by atoms with Gasteiger partial charge in [0.2, 0.25) is 0 Å². The standard InChI is InChI=1S/C16H17NO/c1-12-4-2-5-13(8-12)9-17-10-14-6-3-7-16(18)15(14)11-17/h2,4-5,8,10-11H,3,6-7,9H2,1H3. The number of hydrogen-bond donors (Lipinski definition) is 0. The first kappa shape index (κ1) is 11.3. The van der Waals surface area contributed by atoms with Crippen LogP contribution in [-0.2, 0) is 13.0 Å². The second-order valence-electron chi connectivity index (χ2n) is 5.14. The summed E-state index contributed by atoms with van der Waals surface area (Å²) in [5.41, 5.74) is 4.73. The fourth-order valence-electron chi connectivity index (χ4n) is 2.69. The third-order valence-corrected chi connectivity index (χ3v) is 3.56. The molecule has 2 heteroatoms. The van der Waals surface area contributed by atoms with Gasteiger partial charge in [-0.15, -0.1) is 0 Å². The molecule has 0 unspecified atom stereocenters. The van der Waals surface area contributed by atoms with Crippen molar-refractivity contribution < 1.29 is 4.79 Å². The van der Waals surface area contributed by atoms with Gasteiger partial charge >= 0.3 is 0 Å². The molecule has 0 spiro atoms. The van der Waals surface area contributed by atoms with E-state index in [-0.39, 0.29) is 0 Å². The summed E-state index contributed by atoms with van der Waals surface area (Å²) in [5.74, 6) is 0.305. The van der Waals surface area contributed by atoms with E-state index < -0.39 is 0 Å². The van der Waals surface area contributed by atoms with E-state index in [0.29, 0.717) is 12.2 Å². The predicted molar refractivity (Wildman–Crippen MR) is 72.0 cm³/mol. The van der Waals surface area contributed by atoms with Crippen LogP contribution in [-0.4, -0.2) is 10.4 Å². The topological polar surface area (TPSA) is 22.0 Å². The number of benzene rings is 1. The molecule has 0 atom stereocenters. The Bertz CT molecular complexity index is 595. The molecule has 92 valence electrons. The second kappa shape index (κ2) is 4.45. The van der Waals surface area contributed by atoms with Gasteiger partial charge in [-0.1, -0.05) is 29.8 Å². The van der Waals surface area contributed by atoms with E-state index in [1.165, 1.54) is 16.7 Å². The smallest absolute Gasteiger partial charge is 0.164 e. The Labute approximate surface area is 107 Å². The molecule has 1 aliphatic carbocycles. The monoisotopic (exact) mass is 239 g/mol. The quantitative estimate of drug-likeness (QED) is 0.787. The van der Waals surface area contributed by atoms with E-state index in [1.54, 1.807) is 0 Å². The summed E-state index contributed by atoms with van der Waals surface area (Å²) in [5, 5.41) is 0. The first-order valence-electron chi connectivity index (χ1n) is 6.50. The molecule has 1 aromatic heterocycles. The first-order chi connectivity index (χ1) is 8.72. The molecule has 2 nitrogen and oxygen atoms in total. The van der Waals surface area contributed by atoms with Gasteiger partial charge in [-0.3, -0.25) is 4.79 Å². The number of aromatic nitrogens is 1. The average Bonchev–Trinajstić information content (AvgIpc) is 2.73. The molecule has 0 saturated carbocycles. The van der Waals surface area contributed by atoms with E-state index in [2.05, 4.69) is 42.0 Å². The van der Waals surface area contributed by atoms with Crippen molar-refractivity contribution in [3.05, 3.63) is 58.9 Å². The molecule has 0 radical (unpaired) electrons. The largest absolute Gasteiger partial charge is 0.349 e. The molecule has 0 aliphatic heterocycles. The minimum Gasteiger partial charge on any atom is -0.349 e. The summed E-state index contributed by atoms with van der Waals surface area (Å²) >= 11 is 0. The fraction of sp³-hybridized carbons (Fsp3) is 0.312. The van der Waals surface area contributed by atoms with Gasteiger partial charge in [-0.05, 0) is 30.9 Å². The molecule has 0 saturated heterocycles. The Morgan fingerprint density at radius 2 is 2.11 bits per heavy atom. The van der Waals surface area contributed by atoms with Crippen LogP contribution >= 0.6 is 0 Å². The zero-order valence-corrected chi connectivity index (χ0v) is 10.6. The number of Topliss-reactive ketones (excluding diaryl/α,β-unsaturated/α-hetero) is 1. The van der Waals surface area contributed by atoms with Crippen LogP contribution < -0.4 is 0 Å². The normalized spacial score (nSPS) is 14.6. The third-order valence-electron chi connectivity index (χ3n) is 3.56. The molecule has 0 bridgehead atoms. The highest BCUT2D eigenvalue weighted by Crippen LogP contribution is 2.22. The number of fused-ring (bicyclic) bond motifs is 1. The molecule has 1 aliphatic rings. The van der Waals surface area contributed by atoms with Crippen molar-refractivity contribution >= 4 is 5.78 Å². The van der Waals surface area contributed by atoms with Crippen LogP contribution in [0.3, 0.4) is 0 Å². The maximum atomic E-state index is 11.8. The van der Waals surface area contributed by atoms with Crippen molar-refractivity contribution in [3.8, 4) is 0 Å². The van der Waals surface area contributed by atoms with Crippen molar-refractivity contribution in [3.63, 3.8) is 0 Å². The highest BCUT2D eigenvalue weighted by atomic mass is 16.1. The van der Waals surface area contributed by atoms with Crippen LogP contribution in [0.2, 0.25) is 0 Å². The number of carbonyl (C=O) groups is 1. The molecule has 1 heterocycles. The van der Waals surface area contributed by atoms with Gasteiger partial charge in [-0.25, -0.2) is 0 Å². The lowest BCUT2D eigenvalue weighted by Crippen LogP contribution is -2.07. The van der Waals surface area contributed by atoms with E-state index in [9.17, 15) is 4.79 Å². The van der Waals surface area contributed by atoms with Gasteiger partial charge in [0.25, 0.3) is 0 Å². The van der Waals surface area contributed by atoms with Crippen molar-refractivity contribution in [2.24, 2.45) is 0 Å². The van der Waals surface area contributed by atoms with Crippen LogP contribution in [0.25, 0.3) is 0 Å². The SMILES string of the molecule is Cc1cccc(Cn2cc3c(c2)C(=O)CCC3)c1. The summed E-state index contributed by atoms with van der Waals surface area (Å²) in [6.07, 6.45) is 6.90. The lowest BCUT2D eigenvalue weighted by atomic mass is 9.95. The highest BCUT2D eigenvalue weighted by Gasteiger charge is 2.18. The number of nitrogens with zero attached hydrogens (tertiary/aromatic N) is 1. The molecule has 3 rings (SSSR count). The minimum atomic E-state index is 0.305. The third kappa shape index (κ3) is 2.10. The Morgan fingerprint density at radius 3 is 2.89 bits per heavy atom. The maximum absolute atomic E-state index is 11.8. The van der Waals surface area contributed by atoms with Crippen LogP contribution in [0.1, 0.15) is 39.9 Å². The van der Waals surface area contributed by atoms with Crippen molar-refractivity contribution in [1.29, 1.82) is 0 Å². The van der Waals surface area contributed by atoms with Gasteiger partial charge < -0.3 is 4.57 Å². The van der Waals surface area contributed by atoms with Gasteiger partial charge in [-0.2, -0.15) is 0 Å². The zero-order valence-electron chi connectivity index (χ0n) is 10.6. The van der Waals surface area contributed by atoms with Crippen molar-refractivity contribution in [2.75, 3.05) is 0 Å². The first-order valence-corrected chi connectivity index (χ1v) is 6.50. The molecule has 0 fully saturated rings. The molecule has 18 heavy (non-hydrogen) atoms. The molecular weight excluding hydrogens is 222 g/mol. The summed E-state index contributed by atoms with van der Waals surface area (Å²) in [7, 11) is 0. The van der Waals surface area contributed by atoms with E-state index in [0.717, 1.165) is 24.9 Å². The molecule has 1 aromatic carbocycles. The summed E-state index contributed by atoms with van der Waals surface area (Å²) < 4.78 is 2.14. The lowest BCUT2D eigenvalue weighted by molar-refractivity contribution is 0.0973. The Hall–Kier alpha value is -1.83. The van der Waals surface area contributed by atoms with Gasteiger partial charge in [0.1, 0.15) is 0 Å². The van der Waals surface area contributed by atoms with Gasteiger partial charge in [0, 0.05) is 30.9 Å². The molecule has 0 N–H and O–H groups in total. The van der Waals surface area contributed by atoms with E-state index in [4.69, 9.17) is 0 Å². The Morgan fingerprint density at radius 1 is 1.22 bits per heavy atom. The van der Waals surface area contributed by atoms with Gasteiger partial charge in [0.05, 0.1) is 0 Å². The van der Waals surface area contributed by atoms with Crippen LogP contribution in [0.5, 0.6) is 0 Å². The van der Waals surface area contributed by atoms with Crippen molar-refractivity contribution in [2.45, 2.75) is 32.7 Å². The summed E-state index contributed by atoms with van der Waals surface area (Å²) in [4.78, 5) is 11.8. The number of aryl methyl sites for hydroxylation is 2. The molecule has 0 amide bonds. The van der Waals surface area contributed by atoms with Crippen LogP contribution in [0.4, 0.5) is 0 Å². The number of carbonyl (C=O) groups excluding carboxylic acids is 1. The van der Waals surface area contributed by atoms with Crippen molar-refractivity contribution in [1.82, 2.24) is 4.57 Å². The zero-order chi connectivity index (χ0) is 12.5. The number of hydrogen-bond acceptors (Lipinski definition) is 1. The molecular formula is C16H17NO. The van der Waals surface area contributed by atoms with E-state index >= 15 is 0 Å². The van der Waals surface area contributed by atoms with Crippen LogP contribution in [0, 0.1) is 6.92 Å².